The predicted octanol–water partition coefficient (Wildman–Crippen LogP) is 4.69. The second-order valence-electron chi connectivity index (χ2n) is 8.33. The third-order valence-corrected chi connectivity index (χ3v) is 6.06. The van der Waals surface area contributed by atoms with E-state index < -0.39 is 44.2 Å². The van der Waals surface area contributed by atoms with Gasteiger partial charge in [-0.25, -0.2) is 4.79 Å². The van der Waals surface area contributed by atoms with Crippen molar-refractivity contribution in [1.29, 1.82) is 0 Å². The molecule has 188 valence electrons. The van der Waals surface area contributed by atoms with E-state index in [4.69, 9.17) is 14.3 Å². The molecular weight excluding hydrogens is 491 g/mol. The van der Waals surface area contributed by atoms with Gasteiger partial charge in [-0.1, -0.05) is 12.1 Å². The summed E-state index contributed by atoms with van der Waals surface area (Å²) in [6.45, 7) is 2.70. The molecule has 0 spiro atoms. The number of anilines is 1. The highest BCUT2D eigenvalue weighted by molar-refractivity contribution is 7.92. The fourth-order valence-electron chi connectivity index (χ4n) is 3.15. The number of benzene rings is 2. The first-order valence-electron chi connectivity index (χ1n) is 10.1. The van der Waals surface area contributed by atoms with Crippen molar-refractivity contribution in [1.82, 2.24) is 0 Å². The molecule has 12 heteroatoms. The molecule has 0 atom stereocenters. The molecule has 1 aromatic heterocycles. The van der Waals surface area contributed by atoms with Crippen LogP contribution in [-0.4, -0.2) is 30.2 Å². The van der Waals surface area contributed by atoms with Gasteiger partial charge in [-0.05, 0) is 55.8 Å². The number of ether oxygens (including phenoxy) is 1. The molecule has 0 radical (unpaired) electrons. The Balaban J connectivity index is 1.91. The topological polar surface area (TPSA) is 126 Å². The van der Waals surface area contributed by atoms with Gasteiger partial charge >= 0.3 is 12.1 Å². The van der Waals surface area contributed by atoms with Crippen molar-refractivity contribution in [2.75, 3.05) is 4.72 Å². The largest absolute Gasteiger partial charge is 0.487 e. The molecule has 0 aliphatic heterocycles. The van der Waals surface area contributed by atoms with Crippen LogP contribution in [0.5, 0.6) is 5.75 Å². The number of carbonyl (C=O) groups is 1. The first-order valence-corrected chi connectivity index (χ1v) is 11.6. The quantitative estimate of drug-likeness (QED) is 0.379. The molecule has 3 aromatic rings. The lowest BCUT2D eigenvalue weighted by molar-refractivity contribution is -0.137. The molecule has 3 N–H and O–H groups in total. The number of halogens is 3. The molecule has 1 heterocycles. The van der Waals surface area contributed by atoms with E-state index in [-0.39, 0.29) is 29.8 Å². The Labute approximate surface area is 199 Å². The maximum Gasteiger partial charge on any atom is 0.416 e. The second kappa shape index (κ2) is 9.62. The molecule has 0 amide bonds. The summed E-state index contributed by atoms with van der Waals surface area (Å²) in [5.41, 5.74) is -1.94. The molecule has 0 aliphatic carbocycles. The van der Waals surface area contributed by atoms with E-state index in [9.17, 15) is 31.5 Å². The molecule has 0 unspecified atom stereocenters. The van der Waals surface area contributed by atoms with E-state index in [0.717, 1.165) is 12.3 Å². The minimum Gasteiger partial charge on any atom is -0.487 e. The number of sulfonamides is 1. The maximum atomic E-state index is 13.3. The average Bonchev–Trinajstić information content (AvgIpc) is 3.19. The number of aliphatic hydroxyl groups is 1. The number of carboxylic acids is 1. The van der Waals surface area contributed by atoms with Crippen LogP contribution in [-0.2, 0) is 29.2 Å². The zero-order valence-electron chi connectivity index (χ0n) is 18.6. The number of hydrogen-bond donors (Lipinski definition) is 3. The van der Waals surface area contributed by atoms with E-state index in [1.165, 1.54) is 44.2 Å². The van der Waals surface area contributed by atoms with Gasteiger partial charge in [-0.15, -0.1) is 0 Å². The van der Waals surface area contributed by atoms with Gasteiger partial charge in [0.15, 0.2) is 0 Å². The van der Waals surface area contributed by atoms with Crippen molar-refractivity contribution in [2.24, 2.45) is 0 Å². The normalized spacial score (nSPS) is 12.4. The van der Waals surface area contributed by atoms with Crippen molar-refractivity contribution >= 4 is 21.7 Å². The summed E-state index contributed by atoms with van der Waals surface area (Å²) in [6, 6.07) is 9.10. The van der Waals surface area contributed by atoms with Crippen LogP contribution in [0.25, 0.3) is 0 Å². The predicted molar refractivity (Wildman–Crippen MR) is 119 cm³/mol. The van der Waals surface area contributed by atoms with Gasteiger partial charge in [-0.3, -0.25) is 4.72 Å². The van der Waals surface area contributed by atoms with Crippen LogP contribution < -0.4 is 9.46 Å². The van der Waals surface area contributed by atoms with Crippen LogP contribution in [0.4, 0.5) is 18.9 Å². The number of nitrogens with one attached hydrogen (secondary N) is 1. The Morgan fingerprint density at radius 1 is 1.09 bits per heavy atom. The van der Waals surface area contributed by atoms with Crippen molar-refractivity contribution in [3.63, 3.8) is 0 Å². The maximum absolute atomic E-state index is 13.3. The minimum absolute atomic E-state index is 0.0153. The molecule has 8 nitrogen and oxygen atoms in total. The van der Waals surface area contributed by atoms with Crippen molar-refractivity contribution in [3.05, 3.63) is 77.0 Å². The smallest absolute Gasteiger partial charge is 0.416 e. The summed E-state index contributed by atoms with van der Waals surface area (Å²) in [6.07, 6.45) is -3.64. The summed E-state index contributed by atoms with van der Waals surface area (Å²) in [5, 5.41) is 18.5. The number of furan rings is 1. The van der Waals surface area contributed by atoms with Crippen LogP contribution in [0.3, 0.4) is 0 Å². The highest BCUT2D eigenvalue weighted by Gasteiger charge is 2.32. The fraction of sp³-hybridized carbons (Fsp3) is 0.261. The van der Waals surface area contributed by atoms with Crippen LogP contribution in [0.15, 0.2) is 64.3 Å². The molecule has 0 saturated heterocycles. The zero-order chi connectivity index (χ0) is 26.0. The molecule has 2 aromatic carbocycles. The molecule has 3 rings (SSSR count). The van der Waals surface area contributed by atoms with E-state index in [1.807, 2.05) is 0 Å². The Morgan fingerprint density at radius 3 is 2.31 bits per heavy atom. The summed E-state index contributed by atoms with van der Waals surface area (Å²) < 4.78 is 78.5. The Hall–Kier alpha value is -3.51. The van der Waals surface area contributed by atoms with Crippen molar-refractivity contribution in [2.45, 2.75) is 43.7 Å². The van der Waals surface area contributed by atoms with Crippen molar-refractivity contribution in [3.8, 4) is 5.75 Å². The standard InChI is InChI=1S/C23H22F3NO7S/c1-22(2,30)12-16-9-10-33-21(16)35(31,32)27-18-8-7-17(23(24,25)26)11-19(18)34-13-14-3-5-15(6-4-14)20(28)29/h3-11,27,30H,12-13H2,1-2H3,(H,28,29). The van der Waals surface area contributed by atoms with Gasteiger partial charge in [0.1, 0.15) is 12.4 Å². The first-order chi connectivity index (χ1) is 16.2. The lowest BCUT2D eigenvalue weighted by Gasteiger charge is -2.18. The van der Waals surface area contributed by atoms with Gasteiger partial charge in [-0.2, -0.15) is 21.6 Å². The Bertz CT molecular complexity index is 1310. The summed E-state index contributed by atoms with van der Waals surface area (Å²) in [5.74, 6) is -1.55. The summed E-state index contributed by atoms with van der Waals surface area (Å²) in [4.78, 5) is 11.0. The average molecular weight is 513 g/mol. The lowest BCUT2D eigenvalue weighted by atomic mass is 10.0. The van der Waals surface area contributed by atoms with Gasteiger partial charge in [0.05, 0.1) is 28.7 Å². The number of aromatic carboxylic acids is 1. The first kappa shape index (κ1) is 26.1. The van der Waals surface area contributed by atoms with E-state index >= 15 is 0 Å². The lowest BCUT2D eigenvalue weighted by Crippen LogP contribution is -2.23. The Kier molecular flexibility index (Phi) is 7.18. The van der Waals surface area contributed by atoms with Gasteiger partial charge < -0.3 is 19.4 Å². The molecular formula is C23H22F3NO7S. The number of alkyl halides is 3. The van der Waals surface area contributed by atoms with Crippen LogP contribution in [0.2, 0.25) is 0 Å². The minimum atomic E-state index is -4.71. The van der Waals surface area contributed by atoms with Gasteiger partial charge in [0, 0.05) is 12.0 Å². The van der Waals surface area contributed by atoms with E-state index in [0.29, 0.717) is 17.7 Å². The second-order valence-corrected chi connectivity index (χ2v) is 9.91. The summed E-state index contributed by atoms with van der Waals surface area (Å²) in [7, 11) is -4.40. The molecule has 0 bridgehead atoms. The van der Waals surface area contributed by atoms with Crippen molar-refractivity contribution < 1.29 is 45.8 Å². The third-order valence-electron chi connectivity index (χ3n) is 4.72. The van der Waals surface area contributed by atoms with Gasteiger partial charge in [0.2, 0.25) is 5.09 Å². The third kappa shape index (κ3) is 6.76. The fourth-order valence-corrected chi connectivity index (χ4v) is 4.37. The number of rotatable bonds is 9. The number of carboxylic acid groups (broad SMARTS) is 1. The highest BCUT2D eigenvalue weighted by atomic mass is 32.2. The van der Waals surface area contributed by atoms with Gasteiger partial charge in [0.25, 0.3) is 10.0 Å². The van der Waals surface area contributed by atoms with Crippen LogP contribution in [0.1, 0.15) is 40.9 Å². The molecule has 0 aliphatic rings. The highest BCUT2D eigenvalue weighted by Crippen LogP contribution is 2.37. The Morgan fingerprint density at radius 2 is 1.74 bits per heavy atom. The van der Waals surface area contributed by atoms with Crippen LogP contribution >= 0.6 is 0 Å². The van der Waals surface area contributed by atoms with E-state index in [1.54, 1.807) is 0 Å². The zero-order valence-corrected chi connectivity index (χ0v) is 19.4. The van der Waals surface area contributed by atoms with Crippen LogP contribution in [0, 0.1) is 0 Å². The monoisotopic (exact) mass is 513 g/mol. The molecule has 0 fully saturated rings. The summed E-state index contributed by atoms with van der Waals surface area (Å²) >= 11 is 0. The number of hydrogen-bond acceptors (Lipinski definition) is 6. The molecule has 0 saturated carbocycles. The van der Waals surface area contributed by atoms with E-state index in [2.05, 4.69) is 4.72 Å². The molecule has 35 heavy (non-hydrogen) atoms. The SMILES string of the molecule is CC(C)(O)Cc1ccoc1S(=O)(=O)Nc1ccc(C(F)(F)F)cc1OCc1ccc(C(=O)O)cc1.